The third-order valence-corrected chi connectivity index (χ3v) is 3.97. The molecule has 0 aliphatic heterocycles. The average molecular weight is 279 g/mol. The zero-order valence-electron chi connectivity index (χ0n) is 11.9. The molecule has 2 rings (SSSR count). The average Bonchev–Trinajstić information content (AvgIpc) is 2.41. The topological polar surface area (TPSA) is 84.2 Å². The number of carbonyl (C=O) groups excluding carboxylic acids is 1. The Morgan fingerprint density at radius 1 is 1.60 bits per heavy atom. The van der Waals surface area contributed by atoms with Gasteiger partial charge in [0.25, 0.3) is 11.5 Å². The summed E-state index contributed by atoms with van der Waals surface area (Å²) in [5.74, 6) is 0.132. The SMILES string of the molecule is CC1CCCC(CO)(NC(=O)c2ccc(=O)n(C)n2)C1. The first kappa shape index (κ1) is 14.7. The molecule has 1 amide bonds. The summed E-state index contributed by atoms with van der Waals surface area (Å²) in [6.45, 7) is 2.05. The van der Waals surface area contributed by atoms with Crippen LogP contribution in [-0.2, 0) is 7.05 Å². The Labute approximate surface area is 117 Å². The summed E-state index contributed by atoms with van der Waals surface area (Å²) in [4.78, 5) is 23.5. The molecule has 2 N–H and O–H groups in total. The van der Waals surface area contributed by atoms with Gasteiger partial charge in [0, 0.05) is 13.1 Å². The van der Waals surface area contributed by atoms with Crippen LogP contribution >= 0.6 is 0 Å². The van der Waals surface area contributed by atoms with Crippen molar-refractivity contribution >= 4 is 5.91 Å². The molecule has 2 unspecified atom stereocenters. The van der Waals surface area contributed by atoms with E-state index in [1.165, 1.54) is 19.2 Å². The minimum atomic E-state index is -0.564. The second-order valence-electron chi connectivity index (χ2n) is 5.77. The third-order valence-electron chi connectivity index (χ3n) is 3.97. The zero-order valence-corrected chi connectivity index (χ0v) is 11.9. The molecule has 1 saturated carbocycles. The predicted octanol–water partition coefficient (Wildman–Crippen LogP) is 0.451. The minimum absolute atomic E-state index is 0.0746. The van der Waals surface area contributed by atoms with E-state index in [9.17, 15) is 14.7 Å². The maximum atomic E-state index is 12.2. The highest BCUT2D eigenvalue weighted by atomic mass is 16.3. The van der Waals surface area contributed by atoms with Gasteiger partial charge in [0.15, 0.2) is 0 Å². The number of aromatic nitrogens is 2. The fraction of sp³-hybridized carbons (Fsp3) is 0.643. The number of nitrogens with zero attached hydrogens (tertiary/aromatic N) is 2. The van der Waals surface area contributed by atoms with Crippen LogP contribution in [0.4, 0.5) is 0 Å². The normalized spacial score (nSPS) is 26.2. The summed E-state index contributed by atoms with van der Waals surface area (Å²) >= 11 is 0. The van der Waals surface area contributed by atoms with E-state index in [1.54, 1.807) is 0 Å². The smallest absolute Gasteiger partial charge is 0.272 e. The standard InChI is InChI=1S/C14H21N3O3/c1-10-4-3-7-14(8-10,9-18)15-13(20)11-5-6-12(19)17(2)16-11/h5-6,10,18H,3-4,7-9H2,1-2H3,(H,15,20). The molecule has 6 nitrogen and oxygen atoms in total. The summed E-state index contributed by atoms with van der Waals surface area (Å²) in [6.07, 6.45) is 3.64. The number of nitrogens with one attached hydrogen (secondary N) is 1. The van der Waals surface area contributed by atoms with Gasteiger partial charge in [0.2, 0.25) is 0 Å². The van der Waals surface area contributed by atoms with Gasteiger partial charge < -0.3 is 10.4 Å². The Kier molecular flexibility index (Phi) is 4.23. The van der Waals surface area contributed by atoms with Crippen molar-refractivity contribution in [3.8, 4) is 0 Å². The predicted molar refractivity (Wildman–Crippen MR) is 74.4 cm³/mol. The van der Waals surface area contributed by atoms with E-state index in [1.807, 2.05) is 0 Å². The van der Waals surface area contributed by atoms with Gasteiger partial charge in [-0.25, -0.2) is 4.68 Å². The molecular formula is C14H21N3O3. The van der Waals surface area contributed by atoms with Crippen molar-refractivity contribution in [2.75, 3.05) is 6.61 Å². The molecule has 0 bridgehead atoms. The maximum absolute atomic E-state index is 12.2. The molecule has 0 radical (unpaired) electrons. The molecule has 1 fully saturated rings. The van der Waals surface area contributed by atoms with E-state index >= 15 is 0 Å². The van der Waals surface area contributed by atoms with Gasteiger partial charge in [-0.2, -0.15) is 5.10 Å². The van der Waals surface area contributed by atoms with Gasteiger partial charge in [0.05, 0.1) is 12.1 Å². The first-order valence-electron chi connectivity index (χ1n) is 6.93. The fourth-order valence-electron chi connectivity index (χ4n) is 2.89. The molecule has 6 heteroatoms. The highest BCUT2D eigenvalue weighted by molar-refractivity contribution is 5.92. The summed E-state index contributed by atoms with van der Waals surface area (Å²) in [7, 11) is 1.50. The fourth-order valence-corrected chi connectivity index (χ4v) is 2.89. The van der Waals surface area contributed by atoms with Crippen LogP contribution in [-0.4, -0.2) is 32.9 Å². The van der Waals surface area contributed by atoms with Gasteiger partial charge in [-0.1, -0.05) is 19.8 Å². The van der Waals surface area contributed by atoms with Gasteiger partial charge in [-0.05, 0) is 24.8 Å². The van der Waals surface area contributed by atoms with Gasteiger partial charge in [-0.3, -0.25) is 9.59 Å². The summed E-state index contributed by atoms with van der Waals surface area (Å²) in [5.41, 5.74) is -0.631. The van der Waals surface area contributed by atoms with Crippen LogP contribution in [0.5, 0.6) is 0 Å². The first-order valence-corrected chi connectivity index (χ1v) is 6.93. The highest BCUT2D eigenvalue weighted by Gasteiger charge is 2.36. The van der Waals surface area contributed by atoms with Crippen molar-refractivity contribution < 1.29 is 9.90 Å². The van der Waals surface area contributed by atoms with Crippen LogP contribution in [0, 0.1) is 5.92 Å². The summed E-state index contributed by atoms with van der Waals surface area (Å²) in [6, 6.07) is 2.73. The van der Waals surface area contributed by atoms with Crippen molar-refractivity contribution in [1.82, 2.24) is 15.1 Å². The summed E-state index contributed by atoms with van der Waals surface area (Å²) < 4.78 is 1.13. The number of hydrogen-bond donors (Lipinski definition) is 2. The van der Waals surface area contributed by atoms with E-state index in [2.05, 4.69) is 17.3 Å². The molecule has 2 atom stereocenters. The number of aryl methyl sites for hydroxylation is 1. The van der Waals surface area contributed by atoms with Crippen molar-refractivity contribution in [2.24, 2.45) is 13.0 Å². The molecule has 1 aromatic rings. The van der Waals surface area contributed by atoms with Gasteiger partial charge in [0.1, 0.15) is 5.69 Å². The molecule has 1 aliphatic carbocycles. The molecule has 1 aromatic heterocycles. The van der Waals surface area contributed by atoms with Gasteiger partial charge >= 0.3 is 0 Å². The van der Waals surface area contributed by atoms with Crippen LogP contribution in [0.1, 0.15) is 43.1 Å². The Morgan fingerprint density at radius 2 is 2.35 bits per heavy atom. The lowest BCUT2D eigenvalue weighted by atomic mass is 9.77. The molecule has 0 aromatic carbocycles. The summed E-state index contributed by atoms with van der Waals surface area (Å²) in [5, 5.41) is 16.5. The van der Waals surface area contributed by atoms with E-state index in [0.29, 0.717) is 5.92 Å². The Bertz CT molecular complexity index is 555. The maximum Gasteiger partial charge on any atom is 0.272 e. The lowest BCUT2D eigenvalue weighted by Crippen LogP contribution is -2.54. The molecule has 1 heterocycles. The van der Waals surface area contributed by atoms with Crippen molar-refractivity contribution in [1.29, 1.82) is 0 Å². The Hall–Kier alpha value is -1.69. The second-order valence-corrected chi connectivity index (χ2v) is 5.77. The van der Waals surface area contributed by atoms with E-state index in [0.717, 1.165) is 30.4 Å². The number of aliphatic hydroxyl groups is 1. The quantitative estimate of drug-likeness (QED) is 0.841. The monoisotopic (exact) mass is 279 g/mol. The lowest BCUT2D eigenvalue weighted by molar-refractivity contribution is 0.0691. The second kappa shape index (κ2) is 5.75. The van der Waals surface area contributed by atoms with Crippen molar-refractivity contribution in [3.05, 3.63) is 28.2 Å². The molecular weight excluding hydrogens is 258 g/mol. The van der Waals surface area contributed by atoms with Crippen LogP contribution < -0.4 is 10.9 Å². The zero-order chi connectivity index (χ0) is 14.8. The van der Waals surface area contributed by atoms with Crippen LogP contribution in [0.15, 0.2) is 16.9 Å². The number of rotatable bonds is 3. The number of carbonyl (C=O) groups is 1. The molecule has 0 spiro atoms. The van der Waals surface area contributed by atoms with E-state index < -0.39 is 5.54 Å². The molecule has 20 heavy (non-hydrogen) atoms. The van der Waals surface area contributed by atoms with Crippen molar-refractivity contribution in [3.63, 3.8) is 0 Å². The molecule has 1 aliphatic rings. The Balaban J connectivity index is 2.16. The first-order chi connectivity index (χ1) is 9.46. The van der Waals surface area contributed by atoms with Gasteiger partial charge in [-0.15, -0.1) is 0 Å². The molecule has 0 saturated heterocycles. The van der Waals surface area contributed by atoms with Crippen LogP contribution in [0.3, 0.4) is 0 Å². The van der Waals surface area contributed by atoms with E-state index in [4.69, 9.17) is 0 Å². The number of amides is 1. The van der Waals surface area contributed by atoms with Crippen LogP contribution in [0.25, 0.3) is 0 Å². The van der Waals surface area contributed by atoms with E-state index in [-0.39, 0.29) is 23.8 Å². The third kappa shape index (κ3) is 3.07. The minimum Gasteiger partial charge on any atom is -0.394 e. The number of aliphatic hydroxyl groups excluding tert-OH is 1. The number of hydrogen-bond acceptors (Lipinski definition) is 4. The highest BCUT2D eigenvalue weighted by Crippen LogP contribution is 2.32. The Morgan fingerprint density at radius 3 is 2.95 bits per heavy atom. The van der Waals surface area contributed by atoms with Crippen molar-refractivity contribution in [2.45, 2.75) is 38.1 Å². The lowest BCUT2D eigenvalue weighted by Gasteiger charge is -2.39. The molecule has 110 valence electrons. The van der Waals surface area contributed by atoms with Crippen LogP contribution in [0.2, 0.25) is 0 Å². The largest absolute Gasteiger partial charge is 0.394 e.